The Hall–Kier alpha value is -4.91. The second kappa shape index (κ2) is 14.5. The minimum Gasteiger partial charge on any atom is -0.492 e. The van der Waals surface area contributed by atoms with Crippen molar-refractivity contribution in [2.24, 2.45) is 0 Å². The molecule has 4 aromatic carbocycles. The van der Waals surface area contributed by atoms with E-state index in [-0.39, 0.29) is 11.7 Å². The Labute approximate surface area is 240 Å². The van der Waals surface area contributed by atoms with Crippen LogP contribution < -0.4 is 15.0 Å². The molecular weight excluding hydrogens is 516 g/mol. The van der Waals surface area contributed by atoms with Gasteiger partial charge in [-0.25, -0.2) is 4.79 Å². The molecule has 0 heterocycles. The first-order valence-electron chi connectivity index (χ1n) is 13.6. The molecule has 7 heteroatoms. The summed E-state index contributed by atoms with van der Waals surface area (Å²) in [4.78, 5) is 40.0. The Morgan fingerprint density at radius 1 is 0.805 bits per heavy atom. The van der Waals surface area contributed by atoms with Gasteiger partial charge in [-0.3, -0.25) is 9.59 Å². The molecule has 0 aliphatic rings. The summed E-state index contributed by atoms with van der Waals surface area (Å²) in [6.07, 6.45) is 0.748. The molecule has 0 aromatic heterocycles. The second-order valence-electron chi connectivity index (χ2n) is 9.39. The van der Waals surface area contributed by atoms with E-state index in [2.05, 4.69) is 5.32 Å². The fourth-order valence-electron chi connectivity index (χ4n) is 4.48. The van der Waals surface area contributed by atoms with Crippen LogP contribution in [0.4, 0.5) is 11.4 Å². The number of nitrogens with one attached hydrogen (secondary N) is 1. The number of amides is 1. The first kappa shape index (κ1) is 29.1. The molecule has 41 heavy (non-hydrogen) atoms. The molecule has 210 valence electrons. The third-order valence-electron chi connectivity index (χ3n) is 6.64. The third-order valence-corrected chi connectivity index (χ3v) is 6.64. The van der Waals surface area contributed by atoms with Gasteiger partial charge < -0.3 is 19.7 Å². The van der Waals surface area contributed by atoms with Crippen molar-refractivity contribution in [2.45, 2.75) is 25.8 Å². The number of benzene rings is 4. The van der Waals surface area contributed by atoms with E-state index in [1.54, 1.807) is 35.2 Å². The molecule has 1 amide bonds. The van der Waals surface area contributed by atoms with Crippen LogP contribution >= 0.6 is 0 Å². The highest BCUT2D eigenvalue weighted by Crippen LogP contribution is 2.22. The van der Waals surface area contributed by atoms with Crippen molar-refractivity contribution in [3.8, 4) is 5.75 Å². The number of ether oxygens (including phenoxy) is 2. The zero-order chi connectivity index (χ0) is 29.0. The van der Waals surface area contributed by atoms with Gasteiger partial charge in [0.15, 0.2) is 5.78 Å². The fourth-order valence-corrected chi connectivity index (χ4v) is 4.48. The maximum absolute atomic E-state index is 13.2. The number of ketones is 1. The zero-order valence-electron chi connectivity index (χ0n) is 23.3. The monoisotopic (exact) mass is 550 g/mol. The van der Waals surface area contributed by atoms with E-state index in [9.17, 15) is 14.4 Å². The fraction of sp³-hybridized carbons (Fsp3) is 0.206. The highest BCUT2D eigenvalue weighted by molar-refractivity contribution is 6.12. The minimum absolute atomic E-state index is 0.0311. The highest BCUT2D eigenvalue weighted by atomic mass is 16.5. The molecule has 7 nitrogen and oxygen atoms in total. The maximum Gasteiger partial charge on any atom is 0.328 e. The standard InChI is InChI=1S/C34H34N2O5/c1-3-32(37)36(27-14-8-5-9-15-27)22-23-41-28-20-18-25(19-21-28)24-31(34(39)40-2)35-30-17-11-10-16-29(30)33(38)26-12-6-4-7-13-26/h4-21,31,35H,3,22-24H2,1-2H3/t31-/m0/s1. The van der Waals surface area contributed by atoms with E-state index in [1.165, 1.54) is 7.11 Å². The number of hydrogen-bond donors (Lipinski definition) is 1. The topological polar surface area (TPSA) is 84.9 Å². The van der Waals surface area contributed by atoms with Crippen LogP contribution in [0.2, 0.25) is 0 Å². The first-order chi connectivity index (χ1) is 20.0. The van der Waals surface area contributed by atoms with Crippen LogP contribution in [0.15, 0.2) is 109 Å². The molecule has 0 saturated heterocycles. The molecule has 0 fully saturated rings. The van der Waals surface area contributed by atoms with E-state index in [4.69, 9.17) is 9.47 Å². The number of hydrogen-bond acceptors (Lipinski definition) is 6. The minimum atomic E-state index is -0.712. The van der Waals surface area contributed by atoms with E-state index >= 15 is 0 Å². The van der Waals surface area contributed by atoms with Crippen molar-refractivity contribution in [1.82, 2.24) is 0 Å². The summed E-state index contributed by atoms with van der Waals surface area (Å²) >= 11 is 0. The highest BCUT2D eigenvalue weighted by Gasteiger charge is 2.23. The molecular formula is C34H34N2O5. The van der Waals surface area contributed by atoms with Gasteiger partial charge in [0.2, 0.25) is 5.91 Å². The Morgan fingerprint density at radius 3 is 2.10 bits per heavy atom. The molecule has 0 unspecified atom stereocenters. The van der Waals surface area contributed by atoms with Crippen molar-refractivity contribution < 1.29 is 23.9 Å². The lowest BCUT2D eigenvalue weighted by atomic mass is 10.00. The summed E-state index contributed by atoms with van der Waals surface area (Å²) in [6.45, 7) is 2.60. The predicted molar refractivity (Wildman–Crippen MR) is 160 cm³/mol. The Kier molecular flexibility index (Phi) is 10.3. The molecule has 4 aromatic rings. The molecule has 1 N–H and O–H groups in total. The van der Waals surface area contributed by atoms with Crippen LogP contribution in [-0.4, -0.2) is 44.0 Å². The van der Waals surface area contributed by atoms with Gasteiger partial charge in [0.25, 0.3) is 0 Å². The molecule has 1 atom stereocenters. The summed E-state index contributed by atoms with van der Waals surface area (Å²) in [5.74, 6) is 0.120. The maximum atomic E-state index is 13.2. The molecule has 0 saturated carbocycles. The second-order valence-corrected chi connectivity index (χ2v) is 9.39. The van der Waals surface area contributed by atoms with Gasteiger partial charge >= 0.3 is 5.97 Å². The van der Waals surface area contributed by atoms with Crippen molar-refractivity contribution in [2.75, 3.05) is 30.5 Å². The average molecular weight is 551 g/mol. The van der Waals surface area contributed by atoms with E-state index in [0.29, 0.717) is 48.6 Å². The Balaban J connectivity index is 1.41. The smallest absolute Gasteiger partial charge is 0.328 e. The number of esters is 1. The summed E-state index contributed by atoms with van der Waals surface area (Å²) in [6, 6.07) is 32.4. The van der Waals surface area contributed by atoms with Crippen LogP contribution in [0.1, 0.15) is 34.8 Å². The van der Waals surface area contributed by atoms with Crippen LogP contribution in [0.3, 0.4) is 0 Å². The summed E-state index contributed by atoms with van der Waals surface area (Å²) in [5.41, 5.74) is 3.33. The zero-order valence-corrected chi connectivity index (χ0v) is 23.3. The van der Waals surface area contributed by atoms with Gasteiger partial charge in [-0.2, -0.15) is 0 Å². The van der Waals surface area contributed by atoms with Crippen molar-refractivity contribution in [3.63, 3.8) is 0 Å². The molecule has 0 aliphatic heterocycles. The molecule has 0 spiro atoms. The predicted octanol–water partition coefficient (Wildman–Crippen LogP) is 5.94. The number of para-hydroxylation sites is 2. The van der Waals surface area contributed by atoms with Gasteiger partial charge in [0.05, 0.1) is 13.7 Å². The van der Waals surface area contributed by atoms with Crippen LogP contribution in [0.25, 0.3) is 0 Å². The molecule has 0 radical (unpaired) electrons. The van der Waals surface area contributed by atoms with Crippen molar-refractivity contribution in [1.29, 1.82) is 0 Å². The summed E-state index contributed by atoms with van der Waals surface area (Å²) < 4.78 is 11.0. The SMILES string of the molecule is CCC(=O)N(CCOc1ccc(C[C@H](Nc2ccccc2C(=O)c2ccccc2)C(=O)OC)cc1)c1ccccc1. The number of anilines is 2. The van der Waals surface area contributed by atoms with Crippen LogP contribution in [-0.2, 0) is 20.7 Å². The third kappa shape index (κ3) is 7.82. The van der Waals surface area contributed by atoms with Gasteiger partial charge in [-0.15, -0.1) is 0 Å². The largest absolute Gasteiger partial charge is 0.492 e. The quantitative estimate of drug-likeness (QED) is 0.164. The van der Waals surface area contributed by atoms with Crippen molar-refractivity contribution in [3.05, 3.63) is 126 Å². The number of carbonyl (C=O) groups is 3. The summed E-state index contributed by atoms with van der Waals surface area (Å²) in [7, 11) is 1.34. The molecule has 0 bridgehead atoms. The number of carbonyl (C=O) groups excluding carboxylic acids is 3. The molecule has 4 rings (SSSR count). The van der Waals surface area contributed by atoms with E-state index in [1.807, 2.05) is 85.8 Å². The summed E-state index contributed by atoms with van der Waals surface area (Å²) in [5, 5.41) is 3.23. The number of methoxy groups -OCH3 is 1. The lowest BCUT2D eigenvalue weighted by Gasteiger charge is -2.22. The van der Waals surface area contributed by atoms with E-state index in [0.717, 1.165) is 11.3 Å². The number of rotatable bonds is 13. The first-order valence-corrected chi connectivity index (χ1v) is 13.6. The average Bonchev–Trinajstić information content (AvgIpc) is 3.03. The Morgan fingerprint density at radius 2 is 1.44 bits per heavy atom. The van der Waals surface area contributed by atoms with Gasteiger partial charge in [-0.05, 0) is 42.0 Å². The van der Waals surface area contributed by atoms with E-state index < -0.39 is 12.0 Å². The van der Waals surface area contributed by atoms with Gasteiger partial charge in [0.1, 0.15) is 18.4 Å². The van der Waals surface area contributed by atoms with Gasteiger partial charge in [-0.1, -0.05) is 79.7 Å². The lowest BCUT2D eigenvalue weighted by Crippen LogP contribution is -2.34. The Bertz CT molecular complexity index is 1440. The van der Waals surface area contributed by atoms with Crippen LogP contribution in [0, 0.1) is 0 Å². The van der Waals surface area contributed by atoms with Crippen molar-refractivity contribution >= 4 is 29.0 Å². The lowest BCUT2D eigenvalue weighted by molar-refractivity contribution is -0.141. The number of nitrogens with zero attached hydrogens (tertiary/aromatic N) is 1. The molecule has 0 aliphatic carbocycles. The van der Waals surface area contributed by atoms with Gasteiger partial charge in [0, 0.05) is 35.3 Å². The normalized spacial score (nSPS) is 11.3. The van der Waals surface area contributed by atoms with Crippen LogP contribution in [0.5, 0.6) is 5.75 Å².